The van der Waals surface area contributed by atoms with E-state index in [-0.39, 0.29) is 19.8 Å². The van der Waals surface area contributed by atoms with Gasteiger partial charge in [0.25, 0.3) is 0 Å². The number of aromatic nitrogens is 5. The number of nitrogens with zero attached hydrogens (tertiary/aromatic N) is 4. The topological polar surface area (TPSA) is 67.3 Å². The molecule has 3 heterocycles. The number of aromatic amines is 1. The molecule has 0 fully saturated rings. The van der Waals surface area contributed by atoms with Gasteiger partial charge in [-0.05, 0) is 24.3 Å². The molecule has 88 valence electrons. The monoisotopic (exact) mass is 415 g/mol. The predicted molar refractivity (Wildman–Crippen MR) is 62.8 cm³/mol. The molecule has 0 amide bonds. The third-order valence-electron chi connectivity index (χ3n) is 2.29. The SMILES string of the molecule is [Os+2].c1ccc(-c2n[nH]c(-c3ccccn3)n2)nc1. The van der Waals surface area contributed by atoms with Gasteiger partial charge in [-0.15, -0.1) is 0 Å². The molecule has 0 aromatic carbocycles. The molecule has 0 aliphatic carbocycles. The van der Waals surface area contributed by atoms with Gasteiger partial charge in [-0.25, -0.2) is 4.98 Å². The van der Waals surface area contributed by atoms with Crippen molar-refractivity contribution in [3.8, 4) is 23.0 Å². The summed E-state index contributed by atoms with van der Waals surface area (Å²) in [7, 11) is 0. The Morgan fingerprint density at radius 3 is 2.11 bits per heavy atom. The molecule has 0 aliphatic rings. The molecule has 0 aliphatic heterocycles. The zero-order valence-electron chi connectivity index (χ0n) is 9.26. The number of hydrogen-bond donors (Lipinski definition) is 1. The van der Waals surface area contributed by atoms with Crippen molar-refractivity contribution in [1.29, 1.82) is 0 Å². The first-order valence-corrected chi connectivity index (χ1v) is 5.19. The molecule has 0 saturated heterocycles. The smallest absolute Gasteiger partial charge is 0.257 e. The van der Waals surface area contributed by atoms with Gasteiger partial charge in [-0.3, -0.25) is 15.1 Å². The Bertz CT molecular complexity index is 555. The van der Waals surface area contributed by atoms with E-state index in [1.807, 2.05) is 36.4 Å². The molecular formula is C12H9N5Os+2. The van der Waals surface area contributed by atoms with Crippen LogP contribution in [-0.4, -0.2) is 25.1 Å². The molecule has 0 unspecified atom stereocenters. The zero-order chi connectivity index (χ0) is 11.5. The van der Waals surface area contributed by atoms with Gasteiger partial charge in [0.1, 0.15) is 11.4 Å². The Labute approximate surface area is 117 Å². The molecule has 6 heteroatoms. The molecule has 0 bridgehead atoms. The van der Waals surface area contributed by atoms with Crippen molar-refractivity contribution >= 4 is 0 Å². The van der Waals surface area contributed by atoms with Gasteiger partial charge in [0.2, 0.25) is 0 Å². The van der Waals surface area contributed by atoms with E-state index in [1.54, 1.807) is 12.4 Å². The zero-order valence-corrected chi connectivity index (χ0v) is 11.8. The maximum absolute atomic E-state index is 4.36. The minimum Gasteiger partial charge on any atom is -0.257 e. The fourth-order valence-corrected chi connectivity index (χ4v) is 1.49. The van der Waals surface area contributed by atoms with Gasteiger partial charge in [-0.2, -0.15) is 5.10 Å². The van der Waals surface area contributed by atoms with Crippen LogP contribution >= 0.6 is 0 Å². The second kappa shape index (κ2) is 5.61. The third kappa shape index (κ3) is 2.49. The third-order valence-corrected chi connectivity index (χ3v) is 2.29. The molecule has 1 N–H and O–H groups in total. The van der Waals surface area contributed by atoms with Crippen LogP contribution < -0.4 is 0 Å². The van der Waals surface area contributed by atoms with Crippen molar-refractivity contribution < 1.29 is 19.8 Å². The molecule has 5 nitrogen and oxygen atoms in total. The normalized spacial score (nSPS) is 9.78. The first kappa shape index (κ1) is 12.5. The fraction of sp³-hybridized carbons (Fsp3) is 0. The minimum absolute atomic E-state index is 0. The van der Waals surface area contributed by atoms with E-state index in [4.69, 9.17) is 0 Å². The van der Waals surface area contributed by atoms with E-state index in [1.165, 1.54) is 0 Å². The van der Waals surface area contributed by atoms with E-state index < -0.39 is 0 Å². The van der Waals surface area contributed by atoms with Crippen molar-refractivity contribution in [2.45, 2.75) is 0 Å². The first-order valence-electron chi connectivity index (χ1n) is 5.19. The van der Waals surface area contributed by atoms with Crippen LogP contribution in [0.3, 0.4) is 0 Å². The number of nitrogens with one attached hydrogen (secondary N) is 1. The largest absolute Gasteiger partial charge is 2.00 e. The molecule has 0 atom stereocenters. The number of pyridine rings is 2. The molecule has 0 radical (unpaired) electrons. The number of H-pyrrole nitrogens is 1. The Hall–Kier alpha value is -1.92. The Morgan fingerprint density at radius 1 is 0.833 bits per heavy atom. The van der Waals surface area contributed by atoms with Crippen LogP contribution in [-0.2, 0) is 19.8 Å². The minimum atomic E-state index is 0. The summed E-state index contributed by atoms with van der Waals surface area (Å²) in [5.74, 6) is 1.22. The quantitative estimate of drug-likeness (QED) is 0.697. The fourth-order valence-electron chi connectivity index (χ4n) is 1.49. The van der Waals surface area contributed by atoms with Crippen molar-refractivity contribution in [3.05, 3.63) is 48.8 Å². The number of hydrogen-bond acceptors (Lipinski definition) is 4. The average Bonchev–Trinajstić information content (AvgIpc) is 2.90. The van der Waals surface area contributed by atoms with Gasteiger partial charge < -0.3 is 0 Å². The van der Waals surface area contributed by atoms with Crippen LogP contribution in [0.25, 0.3) is 23.0 Å². The Kier molecular flexibility index (Phi) is 3.91. The molecule has 3 aromatic rings. The van der Waals surface area contributed by atoms with Crippen molar-refractivity contribution in [1.82, 2.24) is 25.1 Å². The van der Waals surface area contributed by atoms with Crippen LogP contribution in [0.5, 0.6) is 0 Å². The Balaban J connectivity index is 0.00000120. The predicted octanol–water partition coefficient (Wildman–Crippen LogP) is 1.93. The van der Waals surface area contributed by atoms with Crippen LogP contribution in [0, 0.1) is 0 Å². The second-order valence-electron chi connectivity index (χ2n) is 3.44. The van der Waals surface area contributed by atoms with Crippen LogP contribution in [0.15, 0.2) is 48.8 Å². The van der Waals surface area contributed by atoms with Gasteiger partial charge >= 0.3 is 19.8 Å². The molecule has 3 aromatic heterocycles. The van der Waals surface area contributed by atoms with Gasteiger partial charge in [0.15, 0.2) is 11.6 Å². The van der Waals surface area contributed by atoms with Crippen molar-refractivity contribution in [2.75, 3.05) is 0 Å². The van der Waals surface area contributed by atoms with Gasteiger partial charge in [0.05, 0.1) is 0 Å². The molecule has 0 spiro atoms. The van der Waals surface area contributed by atoms with E-state index in [0.29, 0.717) is 11.6 Å². The first-order chi connectivity index (χ1) is 8.43. The molecular weight excluding hydrogens is 404 g/mol. The van der Waals surface area contributed by atoms with E-state index >= 15 is 0 Å². The summed E-state index contributed by atoms with van der Waals surface area (Å²) >= 11 is 0. The van der Waals surface area contributed by atoms with Crippen molar-refractivity contribution in [3.63, 3.8) is 0 Å². The molecule has 3 rings (SSSR count). The summed E-state index contributed by atoms with van der Waals surface area (Å²) in [4.78, 5) is 12.8. The van der Waals surface area contributed by atoms with Crippen molar-refractivity contribution in [2.24, 2.45) is 0 Å². The summed E-state index contributed by atoms with van der Waals surface area (Å²) in [6, 6.07) is 11.3. The maximum atomic E-state index is 4.36. The summed E-state index contributed by atoms with van der Waals surface area (Å²) < 4.78 is 0. The molecule has 0 saturated carbocycles. The van der Waals surface area contributed by atoms with E-state index in [9.17, 15) is 0 Å². The Morgan fingerprint density at radius 2 is 1.50 bits per heavy atom. The summed E-state index contributed by atoms with van der Waals surface area (Å²) in [5.41, 5.74) is 1.51. The van der Waals surface area contributed by atoms with Gasteiger partial charge in [0, 0.05) is 12.4 Å². The van der Waals surface area contributed by atoms with Crippen LogP contribution in [0.4, 0.5) is 0 Å². The van der Waals surface area contributed by atoms with Gasteiger partial charge in [-0.1, -0.05) is 12.1 Å². The van der Waals surface area contributed by atoms with E-state index in [2.05, 4.69) is 25.1 Å². The second-order valence-corrected chi connectivity index (χ2v) is 3.44. The summed E-state index contributed by atoms with van der Waals surface area (Å²) in [5, 5.41) is 6.98. The maximum Gasteiger partial charge on any atom is 2.00 e. The van der Waals surface area contributed by atoms with Crippen LogP contribution in [0.2, 0.25) is 0 Å². The summed E-state index contributed by atoms with van der Waals surface area (Å²) in [6.45, 7) is 0. The standard InChI is InChI=1S/C12H9N5.Os/c1-3-7-13-9(5-1)11-15-12(17-16-11)10-6-2-4-8-14-10;/h1-8H,(H,15,16,17);/q;+2. The van der Waals surface area contributed by atoms with E-state index in [0.717, 1.165) is 11.4 Å². The summed E-state index contributed by atoms with van der Waals surface area (Å²) in [6.07, 6.45) is 3.43. The molecule has 18 heavy (non-hydrogen) atoms. The van der Waals surface area contributed by atoms with Crippen LogP contribution in [0.1, 0.15) is 0 Å². The average molecular weight is 413 g/mol. The number of rotatable bonds is 2.